The lowest BCUT2D eigenvalue weighted by Gasteiger charge is -2.45. The van der Waals surface area contributed by atoms with E-state index in [1.54, 1.807) is 17.4 Å². The molecule has 3 aromatic carbocycles. The Bertz CT molecular complexity index is 1850. The van der Waals surface area contributed by atoms with E-state index in [2.05, 4.69) is 44.0 Å². The number of hydrogen-bond acceptors (Lipinski definition) is 5. The van der Waals surface area contributed by atoms with E-state index in [1.165, 1.54) is 11.1 Å². The molecular weight excluding hydrogens is 700 g/mol. The van der Waals surface area contributed by atoms with Gasteiger partial charge in [-0.1, -0.05) is 66.2 Å². The topological polar surface area (TPSA) is 74.6 Å². The number of benzene rings is 3. The Hall–Kier alpha value is -4.31. The number of hydrogen-bond donors (Lipinski definition) is 0. The molecular formula is C39H38BrClN6O2. The Morgan fingerprint density at radius 2 is 1.71 bits per heavy atom. The van der Waals surface area contributed by atoms with Gasteiger partial charge in [-0.2, -0.15) is 0 Å². The molecule has 1 fully saturated rings. The minimum Gasteiger partial charge on any atom is -0.337 e. The molecule has 2 amide bonds. The summed E-state index contributed by atoms with van der Waals surface area (Å²) in [6.45, 7) is 3.10. The Labute approximate surface area is 300 Å². The van der Waals surface area contributed by atoms with Crippen molar-refractivity contribution in [2.24, 2.45) is 0 Å². The summed E-state index contributed by atoms with van der Waals surface area (Å²) < 4.78 is 2.96. The molecule has 5 aromatic rings. The summed E-state index contributed by atoms with van der Waals surface area (Å²) in [5, 5.41) is 0.705. The minimum atomic E-state index is -0.698. The zero-order chi connectivity index (χ0) is 33.7. The van der Waals surface area contributed by atoms with Crippen LogP contribution in [0, 0.1) is 0 Å². The fourth-order valence-electron chi connectivity index (χ4n) is 7.17. The third kappa shape index (κ3) is 7.49. The average Bonchev–Trinajstić information content (AvgIpc) is 3.60. The van der Waals surface area contributed by atoms with Crippen molar-refractivity contribution in [2.75, 3.05) is 26.2 Å². The van der Waals surface area contributed by atoms with Gasteiger partial charge in [-0.25, -0.2) is 4.98 Å². The number of amides is 2. The van der Waals surface area contributed by atoms with Gasteiger partial charge >= 0.3 is 0 Å². The summed E-state index contributed by atoms with van der Waals surface area (Å²) in [6, 6.07) is 26.7. The van der Waals surface area contributed by atoms with Crippen LogP contribution in [0.2, 0.25) is 5.02 Å². The first kappa shape index (κ1) is 33.2. The number of aromatic nitrogens is 3. The maximum atomic E-state index is 15.0. The van der Waals surface area contributed by atoms with Crippen molar-refractivity contribution in [1.82, 2.24) is 29.2 Å². The second kappa shape index (κ2) is 15.1. The van der Waals surface area contributed by atoms with Gasteiger partial charge in [0.15, 0.2) is 0 Å². The molecule has 10 heteroatoms. The van der Waals surface area contributed by atoms with Crippen molar-refractivity contribution in [3.8, 4) is 0 Å². The third-order valence-corrected chi connectivity index (χ3v) is 10.2. The zero-order valence-electron chi connectivity index (χ0n) is 27.2. The van der Waals surface area contributed by atoms with Crippen LogP contribution in [0.5, 0.6) is 0 Å². The molecule has 0 saturated carbocycles. The maximum absolute atomic E-state index is 15.0. The van der Waals surface area contributed by atoms with Crippen molar-refractivity contribution >= 4 is 39.3 Å². The lowest BCUT2D eigenvalue weighted by molar-refractivity contribution is -0.139. The molecule has 7 rings (SSSR count). The molecule has 1 saturated heterocycles. The Morgan fingerprint density at radius 1 is 0.939 bits per heavy atom. The zero-order valence-corrected chi connectivity index (χ0v) is 29.5. The molecule has 8 nitrogen and oxygen atoms in total. The smallest absolute Gasteiger partial charge is 0.254 e. The normalized spacial score (nSPS) is 17.6. The van der Waals surface area contributed by atoms with Gasteiger partial charge in [-0.3, -0.25) is 19.5 Å². The predicted octanol–water partition coefficient (Wildman–Crippen LogP) is 6.83. The van der Waals surface area contributed by atoms with Gasteiger partial charge in [0.05, 0.1) is 18.1 Å². The second-order valence-corrected chi connectivity index (χ2v) is 14.1. The first-order valence-electron chi connectivity index (χ1n) is 16.8. The highest BCUT2D eigenvalue weighted by atomic mass is 79.9. The molecule has 0 unspecified atom stereocenters. The number of nitrogens with zero attached hydrogens (tertiary/aromatic N) is 6. The Balaban J connectivity index is 1.25. The number of piperazine rings is 1. The number of rotatable bonds is 9. The van der Waals surface area contributed by atoms with Crippen molar-refractivity contribution in [3.63, 3.8) is 0 Å². The molecule has 0 spiro atoms. The van der Waals surface area contributed by atoms with E-state index in [1.807, 2.05) is 88.6 Å². The van der Waals surface area contributed by atoms with Crippen molar-refractivity contribution in [1.29, 1.82) is 0 Å². The molecule has 1 aliphatic heterocycles. The van der Waals surface area contributed by atoms with Crippen molar-refractivity contribution < 1.29 is 9.59 Å². The molecule has 2 aliphatic rings. The summed E-state index contributed by atoms with van der Waals surface area (Å²) in [5.74, 6) is -0.190. The molecule has 2 aromatic heterocycles. The van der Waals surface area contributed by atoms with E-state index >= 15 is 0 Å². The summed E-state index contributed by atoms with van der Waals surface area (Å²) in [4.78, 5) is 44.4. The van der Waals surface area contributed by atoms with Crippen LogP contribution in [-0.4, -0.2) is 73.3 Å². The van der Waals surface area contributed by atoms with Gasteiger partial charge in [-0.05, 0) is 87.8 Å². The first-order chi connectivity index (χ1) is 23.9. The fourth-order valence-corrected chi connectivity index (χ4v) is 7.74. The SMILES string of the molecule is O=C([C@H]1CN([C@H]2c3ccc(Cl)cc3CCc3cc(Br)cnc32)CCN1C(=O)c1ccccc1)N(CCCn1ccnc1)Cc1ccccc1. The van der Waals surface area contributed by atoms with E-state index < -0.39 is 6.04 Å². The molecule has 0 N–H and O–H groups in total. The van der Waals surface area contributed by atoms with Crippen LogP contribution in [0.15, 0.2) is 114 Å². The van der Waals surface area contributed by atoms with Gasteiger partial charge in [0.1, 0.15) is 6.04 Å². The lowest BCUT2D eigenvalue weighted by Crippen LogP contribution is -2.61. The number of imidazole rings is 1. The summed E-state index contributed by atoms with van der Waals surface area (Å²) in [6.07, 6.45) is 9.78. The van der Waals surface area contributed by atoms with Crippen LogP contribution < -0.4 is 0 Å². The van der Waals surface area contributed by atoms with Gasteiger partial charge < -0.3 is 14.4 Å². The van der Waals surface area contributed by atoms with Gasteiger partial charge in [0, 0.05) is 72.9 Å². The molecule has 1 aliphatic carbocycles. The molecule has 0 bridgehead atoms. The molecule has 2 atom stereocenters. The number of carbonyl (C=O) groups excluding carboxylic acids is 2. The van der Waals surface area contributed by atoms with E-state index in [0.29, 0.717) is 43.3 Å². The van der Waals surface area contributed by atoms with E-state index in [-0.39, 0.29) is 17.9 Å². The molecule has 0 radical (unpaired) electrons. The molecule has 250 valence electrons. The van der Waals surface area contributed by atoms with E-state index in [4.69, 9.17) is 16.6 Å². The monoisotopic (exact) mass is 736 g/mol. The standard InChI is InChI=1S/C39H38BrClN6O2/c40-32-22-31-13-12-30-23-33(41)14-15-34(30)37(36(31)43-24-32)45-20-21-47(38(48)29-10-5-2-6-11-29)35(26-45)39(49)46(25-28-8-3-1-4-9-28)18-7-17-44-19-16-42-27-44/h1-6,8-11,14-16,19,22-24,27,35,37H,7,12-13,17-18,20-21,25-26H2/t35-,37+/m1/s1. The Morgan fingerprint density at radius 3 is 2.49 bits per heavy atom. The third-order valence-electron chi connectivity index (χ3n) is 9.57. The second-order valence-electron chi connectivity index (χ2n) is 12.7. The van der Waals surface area contributed by atoms with Crippen LogP contribution in [0.25, 0.3) is 0 Å². The minimum absolute atomic E-state index is 0.0580. The fraction of sp³-hybridized carbons (Fsp3) is 0.282. The van der Waals surface area contributed by atoms with Crippen LogP contribution in [-0.2, 0) is 30.7 Å². The number of aryl methyl sites for hydroxylation is 3. The van der Waals surface area contributed by atoms with Gasteiger partial charge in [0.25, 0.3) is 5.91 Å². The summed E-state index contributed by atoms with van der Waals surface area (Å²) in [7, 11) is 0. The van der Waals surface area contributed by atoms with Crippen LogP contribution in [0.1, 0.15) is 50.8 Å². The van der Waals surface area contributed by atoms with Gasteiger partial charge in [-0.15, -0.1) is 0 Å². The van der Waals surface area contributed by atoms with Crippen molar-refractivity contribution in [3.05, 3.63) is 153 Å². The largest absolute Gasteiger partial charge is 0.337 e. The Kier molecular flexibility index (Phi) is 10.2. The summed E-state index contributed by atoms with van der Waals surface area (Å²) in [5.41, 5.74) is 6.11. The highest BCUT2D eigenvalue weighted by molar-refractivity contribution is 9.10. The van der Waals surface area contributed by atoms with Crippen LogP contribution >= 0.6 is 27.5 Å². The maximum Gasteiger partial charge on any atom is 0.254 e. The van der Waals surface area contributed by atoms with E-state index in [0.717, 1.165) is 47.1 Å². The number of pyridine rings is 1. The number of halogens is 2. The quantitative estimate of drug-likeness (QED) is 0.166. The van der Waals surface area contributed by atoms with E-state index in [9.17, 15) is 9.59 Å². The highest BCUT2D eigenvalue weighted by Crippen LogP contribution is 2.39. The molecule has 49 heavy (non-hydrogen) atoms. The summed E-state index contributed by atoms with van der Waals surface area (Å²) >= 11 is 10.1. The average molecular weight is 738 g/mol. The van der Waals surface area contributed by atoms with Gasteiger partial charge in [0.2, 0.25) is 5.91 Å². The number of carbonyl (C=O) groups is 2. The number of fused-ring (bicyclic) bond motifs is 2. The predicted molar refractivity (Wildman–Crippen MR) is 194 cm³/mol. The highest BCUT2D eigenvalue weighted by Gasteiger charge is 2.42. The van der Waals surface area contributed by atoms with Crippen molar-refractivity contribution in [2.45, 2.75) is 44.4 Å². The first-order valence-corrected chi connectivity index (χ1v) is 17.9. The van der Waals surface area contributed by atoms with Crippen LogP contribution in [0.3, 0.4) is 0 Å². The van der Waals surface area contributed by atoms with Crippen LogP contribution in [0.4, 0.5) is 0 Å². The molecule has 3 heterocycles. The lowest BCUT2D eigenvalue weighted by atomic mass is 9.94.